The number of hydrogen-bond acceptors (Lipinski definition) is 6. The van der Waals surface area contributed by atoms with E-state index in [-0.39, 0.29) is 30.8 Å². The summed E-state index contributed by atoms with van der Waals surface area (Å²) in [5.74, 6) is 0.826. The summed E-state index contributed by atoms with van der Waals surface area (Å²) in [7, 11) is 3.90. The molecule has 2 amide bonds. The second-order valence-electron chi connectivity index (χ2n) is 9.21. The van der Waals surface area contributed by atoms with Crippen LogP contribution in [-0.2, 0) is 9.59 Å². The highest BCUT2D eigenvalue weighted by Gasteiger charge is 2.26. The predicted octanol–water partition coefficient (Wildman–Crippen LogP) is 3.06. The Labute approximate surface area is 207 Å². The third kappa shape index (κ3) is 7.05. The van der Waals surface area contributed by atoms with Gasteiger partial charge in [0.2, 0.25) is 5.91 Å². The zero-order chi connectivity index (χ0) is 25.5. The summed E-state index contributed by atoms with van der Waals surface area (Å²) in [5.41, 5.74) is 4.09. The average Bonchev–Trinajstić information content (AvgIpc) is 2.79. The molecule has 0 aliphatic carbocycles. The fourth-order valence-electron chi connectivity index (χ4n) is 4.14. The number of ketones is 1. The van der Waals surface area contributed by atoms with Crippen molar-refractivity contribution in [3.8, 4) is 11.5 Å². The Morgan fingerprint density at radius 1 is 1.11 bits per heavy atom. The standard InChI is InChI=1S/C27H35N3O5/c1-18-13-19(2)27(20(3)14-18)35-16-23(31)21-8-9-24-22(15-21)30(26(33)17-34-24)11-6-7-25(32)28-10-12-29(4)5/h8-9,13-15H,6-7,10-12,16-17H2,1-5H3,(H,28,32). The van der Waals surface area contributed by atoms with E-state index in [4.69, 9.17) is 9.47 Å². The minimum absolute atomic E-state index is 0.0458. The molecule has 0 saturated heterocycles. The maximum absolute atomic E-state index is 12.9. The molecule has 188 valence electrons. The molecule has 0 radical (unpaired) electrons. The molecule has 2 aromatic rings. The Bertz CT molecular complexity index is 1070. The van der Waals surface area contributed by atoms with E-state index in [1.54, 1.807) is 23.1 Å². The van der Waals surface area contributed by atoms with Crippen molar-refractivity contribution in [1.82, 2.24) is 10.2 Å². The Kier molecular flexibility index (Phi) is 8.87. The van der Waals surface area contributed by atoms with Gasteiger partial charge in [-0.15, -0.1) is 0 Å². The molecule has 0 atom stereocenters. The first-order chi connectivity index (χ1) is 16.7. The maximum Gasteiger partial charge on any atom is 0.265 e. The van der Waals surface area contributed by atoms with Gasteiger partial charge in [0, 0.05) is 31.6 Å². The number of amides is 2. The summed E-state index contributed by atoms with van der Waals surface area (Å²) >= 11 is 0. The van der Waals surface area contributed by atoms with Crippen molar-refractivity contribution in [1.29, 1.82) is 0 Å². The lowest BCUT2D eigenvalue weighted by molar-refractivity contribution is -0.122. The van der Waals surface area contributed by atoms with Gasteiger partial charge in [-0.2, -0.15) is 0 Å². The van der Waals surface area contributed by atoms with Gasteiger partial charge in [-0.05, 0) is 70.6 Å². The van der Waals surface area contributed by atoms with Crippen LogP contribution in [0.3, 0.4) is 0 Å². The van der Waals surface area contributed by atoms with Crippen molar-refractivity contribution in [3.63, 3.8) is 0 Å². The monoisotopic (exact) mass is 481 g/mol. The van der Waals surface area contributed by atoms with E-state index >= 15 is 0 Å². The number of nitrogens with zero attached hydrogens (tertiary/aromatic N) is 2. The maximum atomic E-state index is 12.9. The third-order valence-electron chi connectivity index (χ3n) is 5.84. The van der Waals surface area contributed by atoms with Crippen LogP contribution in [0.2, 0.25) is 0 Å². The van der Waals surface area contributed by atoms with Gasteiger partial charge in [0.15, 0.2) is 19.0 Å². The highest BCUT2D eigenvalue weighted by molar-refractivity contribution is 6.02. The Balaban J connectivity index is 1.63. The summed E-state index contributed by atoms with van der Waals surface area (Å²) in [4.78, 5) is 41.1. The summed E-state index contributed by atoms with van der Waals surface area (Å²) in [6, 6.07) is 9.11. The largest absolute Gasteiger partial charge is 0.485 e. The topological polar surface area (TPSA) is 88.2 Å². The molecular formula is C27H35N3O5. The summed E-state index contributed by atoms with van der Waals surface area (Å²) in [6.45, 7) is 7.49. The molecule has 2 aromatic carbocycles. The van der Waals surface area contributed by atoms with Crippen LogP contribution in [0.25, 0.3) is 0 Å². The summed E-state index contributed by atoms with van der Waals surface area (Å²) in [5, 5.41) is 2.88. The molecular weight excluding hydrogens is 446 g/mol. The molecule has 8 nitrogen and oxygen atoms in total. The number of fused-ring (bicyclic) bond motifs is 1. The van der Waals surface area contributed by atoms with Crippen LogP contribution in [0.4, 0.5) is 5.69 Å². The van der Waals surface area contributed by atoms with Crippen LogP contribution in [0, 0.1) is 20.8 Å². The van der Waals surface area contributed by atoms with Crippen LogP contribution in [0.1, 0.15) is 39.9 Å². The number of rotatable bonds is 11. The Morgan fingerprint density at radius 2 is 1.83 bits per heavy atom. The van der Waals surface area contributed by atoms with Crippen LogP contribution in [0.15, 0.2) is 30.3 Å². The van der Waals surface area contributed by atoms with E-state index in [2.05, 4.69) is 5.32 Å². The molecule has 1 aliphatic heterocycles. The van der Waals surface area contributed by atoms with Crippen molar-refractivity contribution in [2.75, 3.05) is 51.8 Å². The van der Waals surface area contributed by atoms with Crippen LogP contribution in [-0.4, -0.2) is 69.4 Å². The van der Waals surface area contributed by atoms with Crippen molar-refractivity contribution in [3.05, 3.63) is 52.6 Å². The van der Waals surface area contributed by atoms with E-state index in [1.165, 1.54) is 0 Å². The van der Waals surface area contributed by atoms with Crippen LogP contribution >= 0.6 is 0 Å². The van der Waals surface area contributed by atoms with Gasteiger partial charge in [-0.3, -0.25) is 14.4 Å². The first-order valence-corrected chi connectivity index (χ1v) is 11.9. The van der Waals surface area contributed by atoms with Crippen LogP contribution in [0.5, 0.6) is 11.5 Å². The van der Waals surface area contributed by atoms with Crippen molar-refractivity contribution >= 4 is 23.3 Å². The molecule has 35 heavy (non-hydrogen) atoms. The number of aryl methyl sites for hydroxylation is 3. The Hall–Kier alpha value is -3.39. The molecule has 3 rings (SSSR count). The number of carbonyl (C=O) groups excluding carboxylic acids is 3. The van der Waals surface area contributed by atoms with Gasteiger partial charge in [-0.25, -0.2) is 0 Å². The zero-order valence-electron chi connectivity index (χ0n) is 21.3. The molecule has 0 bridgehead atoms. The first kappa shape index (κ1) is 26.2. The van der Waals surface area contributed by atoms with Gasteiger partial charge >= 0.3 is 0 Å². The number of nitrogens with one attached hydrogen (secondary N) is 1. The molecule has 1 N–H and O–H groups in total. The fraction of sp³-hybridized carbons (Fsp3) is 0.444. The van der Waals surface area contributed by atoms with Gasteiger partial charge in [0.25, 0.3) is 5.91 Å². The van der Waals surface area contributed by atoms with Gasteiger partial charge in [0.05, 0.1) is 5.69 Å². The average molecular weight is 482 g/mol. The van der Waals surface area contributed by atoms with E-state index in [0.717, 1.165) is 23.2 Å². The lowest BCUT2D eigenvalue weighted by Crippen LogP contribution is -2.40. The molecule has 8 heteroatoms. The molecule has 0 fully saturated rings. The minimum Gasteiger partial charge on any atom is -0.485 e. The lowest BCUT2D eigenvalue weighted by atomic mass is 10.1. The number of likely N-dealkylation sites (N-methyl/N-ethyl adjacent to an activating group) is 1. The normalized spacial score (nSPS) is 12.9. The van der Waals surface area contributed by atoms with E-state index in [0.29, 0.717) is 48.7 Å². The smallest absolute Gasteiger partial charge is 0.265 e. The summed E-state index contributed by atoms with van der Waals surface area (Å²) in [6.07, 6.45) is 0.821. The highest BCUT2D eigenvalue weighted by atomic mass is 16.5. The Morgan fingerprint density at radius 3 is 2.51 bits per heavy atom. The van der Waals surface area contributed by atoms with Gasteiger partial charge < -0.3 is 24.6 Å². The molecule has 0 aromatic heterocycles. The number of anilines is 1. The number of benzene rings is 2. The fourth-order valence-corrected chi connectivity index (χ4v) is 4.14. The third-order valence-corrected chi connectivity index (χ3v) is 5.84. The molecule has 1 heterocycles. The number of hydrogen-bond donors (Lipinski definition) is 1. The van der Waals surface area contributed by atoms with Crippen LogP contribution < -0.4 is 19.7 Å². The number of carbonyl (C=O) groups is 3. The van der Waals surface area contributed by atoms with E-state index in [9.17, 15) is 14.4 Å². The molecule has 0 spiro atoms. The zero-order valence-corrected chi connectivity index (χ0v) is 21.3. The van der Waals surface area contributed by atoms with Gasteiger partial charge in [0.1, 0.15) is 11.5 Å². The van der Waals surface area contributed by atoms with Crippen molar-refractivity contribution in [2.45, 2.75) is 33.6 Å². The number of Topliss-reactive ketones (excluding diaryl/α,β-unsaturated/α-hetero) is 1. The SMILES string of the molecule is Cc1cc(C)c(OCC(=O)c2ccc3c(c2)N(CCCC(=O)NCCN(C)C)C(=O)CO3)c(C)c1. The minimum atomic E-state index is -0.197. The molecule has 1 aliphatic rings. The predicted molar refractivity (Wildman–Crippen MR) is 136 cm³/mol. The molecule has 0 saturated carbocycles. The molecule has 0 unspecified atom stereocenters. The number of ether oxygens (including phenoxy) is 2. The quantitative estimate of drug-likeness (QED) is 0.497. The van der Waals surface area contributed by atoms with Crippen molar-refractivity contribution in [2.24, 2.45) is 0 Å². The lowest BCUT2D eigenvalue weighted by Gasteiger charge is -2.29. The van der Waals surface area contributed by atoms with E-state index < -0.39 is 0 Å². The van der Waals surface area contributed by atoms with Gasteiger partial charge in [-0.1, -0.05) is 17.7 Å². The first-order valence-electron chi connectivity index (χ1n) is 11.9. The summed E-state index contributed by atoms with van der Waals surface area (Å²) < 4.78 is 11.4. The second kappa shape index (κ2) is 11.8. The highest BCUT2D eigenvalue weighted by Crippen LogP contribution is 2.33. The van der Waals surface area contributed by atoms with Crippen molar-refractivity contribution < 1.29 is 23.9 Å². The second-order valence-corrected chi connectivity index (χ2v) is 9.21. The van der Waals surface area contributed by atoms with E-state index in [1.807, 2.05) is 51.9 Å².